The molecule has 0 fully saturated rings. The Balaban J connectivity index is 1.51. The van der Waals surface area contributed by atoms with E-state index in [0.29, 0.717) is 26.1 Å². The molecule has 1 aliphatic heterocycles. The van der Waals surface area contributed by atoms with E-state index >= 15 is 0 Å². The summed E-state index contributed by atoms with van der Waals surface area (Å²) in [6.07, 6.45) is 5.58. The maximum atomic E-state index is 12.8. The fourth-order valence-corrected chi connectivity index (χ4v) is 14.5. The maximum absolute atomic E-state index is 12.8. The van der Waals surface area contributed by atoms with Crippen molar-refractivity contribution in [3.63, 3.8) is 0 Å². The van der Waals surface area contributed by atoms with Crippen LogP contribution in [0.5, 0.6) is 0 Å². The van der Waals surface area contributed by atoms with E-state index in [2.05, 4.69) is 149 Å². The van der Waals surface area contributed by atoms with Gasteiger partial charge in [-0.15, -0.1) is 0 Å². The highest BCUT2D eigenvalue weighted by Crippen LogP contribution is 2.38. The van der Waals surface area contributed by atoms with Crippen LogP contribution in [0.4, 0.5) is 0 Å². The van der Waals surface area contributed by atoms with Crippen LogP contribution >= 0.6 is 0 Å². The third-order valence-corrected chi connectivity index (χ3v) is 18.9. The first kappa shape index (κ1) is 34.9. The molecule has 0 radical (unpaired) electrons. The van der Waals surface area contributed by atoms with Gasteiger partial charge >= 0.3 is 0 Å². The number of hydrogen-bond donors (Lipinski definition) is 0. The van der Waals surface area contributed by atoms with Gasteiger partial charge < -0.3 is 18.7 Å². The average molecular weight is 663 g/mol. The molecule has 0 N–H and O–H groups in total. The zero-order chi connectivity index (χ0) is 33.3. The zero-order valence-corrected chi connectivity index (χ0v) is 30.5. The number of hydrogen-bond acceptors (Lipinski definition) is 4. The van der Waals surface area contributed by atoms with Crippen molar-refractivity contribution in [1.82, 2.24) is 0 Å². The Morgan fingerprint density at radius 3 is 1.79 bits per heavy atom. The second-order valence-electron chi connectivity index (χ2n) is 14.3. The van der Waals surface area contributed by atoms with E-state index in [1.807, 2.05) is 18.2 Å². The Morgan fingerprint density at radius 2 is 1.28 bits per heavy atom. The molecule has 4 aromatic carbocycles. The van der Waals surface area contributed by atoms with Crippen molar-refractivity contribution in [2.24, 2.45) is 0 Å². The van der Waals surface area contributed by atoms with Crippen LogP contribution in [0.3, 0.4) is 0 Å². The Morgan fingerprint density at radius 1 is 0.766 bits per heavy atom. The molecule has 47 heavy (non-hydrogen) atoms. The van der Waals surface area contributed by atoms with Gasteiger partial charge in [-0.3, -0.25) is 0 Å². The predicted octanol–water partition coefficient (Wildman–Crippen LogP) is 7.44. The molecule has 6 heteroatoms. The van der Waals surface area contributed by atoms with Gasteiger partial charge in [-0.1, -0.05) is 173 Å². The minimum absolute atomic E-state index is 0.186. The van der Waals surface area contributed by atoms with Crippen LogP contribution in [0.25, 0.3) is 0 Å². The van der Waals surface area contributed by atoms with E-state index in [4.69, 9.17) is 13.9 Å². The molecule has 4 nitrogen and oxygen atoms in total. The fourth-order valence-electron chi connectivity index (χ4n) is 7.00. The molecule has 1 heterocycles. The molecular formula is C41H50O4Si2. The smallest absolute Gasteiger partial charge is 0.261 e. The minimum Gasteiger partial charge on any atom is -0.405 e. The number of benzene rings is 4. The molecule has 0 aromatic heterocycles. The van der Waals surface area contributed by atoms with Crippen molar-refractivity contribution in [2.75, 3.05) is 6.61 Å². The second kappa shape index (κ2) is 15.7. The van der Waals surface area contributed by atoms with Crippen molar-refractivity contribution in [3.05, 3.63) is 139 Å². The van der Waals surface area contributed by atoms with Gasteiger partial charge in [0.2, 0.25) is 0 Å². The summed E-state index contributed by atoms with van der Waals surface area (Å²) < 4.78 is 20.9. The van der Waals surface area contributed by atoms with Gasteiger partial charge in [0.1, 0.15) is 18.5 Å². The molecule has 0 saturated heterocycles. The molecule has 4 atom stereocenters. The van der Waals surface area contributed by atoms with Gasteiger partial charge in [-0.05, 0) is 39.4 Å². The second-order valence-corrected chi connectivity index (χ2v) is 23.3. The normalized spacial score (nSPS) is 21.6. The topological polar surface area (TPSA) is 44.8 Å². The van der Waals surface area contributed by atoms with Crippen LogP contribution in [-0.2, 0) is 25.3 Å². The minimum atomic E-state index is -2.85. The zero-order valence-electron chi connectivity index (χ0n) is 28.5. The molecular weight excluding hydrogens is 613 g/mol. The van der Waals surface area contributed by atoms with Gasteiger partial charge in [-0.25, -0.2) is 0 Å². The van der Waals surface area contributed by atoms with E-state index in [0.717, 1.165) is 11.8 Å². The highest BCUT2D eigenvalue weighted by molar-refractivity contribution is 6.99. The number of carbonyl (C=O) groups excluding carboxylic acids is 1. The molecule has 1 aliphatic rings. The van der Waals surface area contributed by atoms with Gasteiger partial charge in [-0.2, -0.15) is 0 Å². The molecule has 5 rings (SSSR count). The molecule has 246 valence electrons. The summed E-state index contributed by atoms with van der Waals surface area (Å²) in [5.41, 5.74) is 1.33. The summed E-state index contributed by atoms with van der Waals surface area (Å²) in [6, 6.07) is 42.3. The fraction of sp³-hybridized carbons (Fsp3) is 0.341. The maximum Gasteiger partial charge on any atom is 0.261 e. The lowest BCUT2D eigenvalue weighted by Crippen LogP contribution is -2.67. The summed E-state index contributed by atoms with van der Waals surface area (Å²) in [7, 11) is -4.83. The van der Waals surface area contributed by atoms with Crippen molar-refractivity contribution < 1.29 is 18.7 Å². The first-order valence-electron chi connectivity index (χ1n) is 16.9. The van der Waals surface area contributed by atoms with E-state index < -0.39 is 28.6 Å². The summed E-state index contributed by atoms with van der Waals surface area (Å²) in [5.74, 6) is 0. The quantitative estimate of drug-likeness (QED) is 0.0952. The van der Waals surface area contributed by atoms with Crippen molar-refractivity contribution in [3.8, 4) is 0 Å². The first-order valence-corrected chi connectivity index (χ1v) is 21.9. The molecule has 4 aromatic rings. The first-order chi connectivity index (χ1) is 22.6. The molecule has 0 bridgehead atoms. The predicted molar refractivity (Wildman–Crippen MR) is 199 cm³/mol. The summed E-state index contributed by atoms with van der Waals surface area (Å²) in [6.45, 7) is 12.4. The Bertz CT molecular complexity index is 1510. The van der Waals surface area contributed by atoms with Gasteiger partial charge in [0.25, 0.3) is 8.32 Å². The Labute approximate surface area is 283 Å². The number of aldehydes is 1. The van der Waals surface area contributed by atoms with Gasteiger partial charge in [0, 0.05) is 0 Å². The monoisotopic (exact) mass is 662 g/mol. The third-order valence-electron chi connectivity index (χ3n) is 9.77. The lowest BCUT2D eigenvalue weighted by atomic mass is 10.1. The highest BCUT2D eigenvalue weighted by Gasteiger charge is 2.51. The molecule has 0 aliphatic carbocycles. The lowest BCUT2D eigenvalue weighted by molar-refractivity contribution is -0.139. The van der Waals surface area contributed by atoms with E-state index in [1.165, 1.54) is 15.6 Å². The number of allylic oxidation sites excluding steroid dienone is 1. The number of ether oxygens (including phenoxy) is 2. The van der Waals surface area contributed by atoms with Crippen molar-refractivity contribution >= 4 is 38.2 Å². The highest BCUT2D eigenvalue weighted by atomic mass is 28.4. The van der Waals surface area contributed by atoms with Crippen LogP contribution < -0.4 is 15.6 Å². The van der Waals surface area contributed by atoms with E-state index in [9.17, 15) is 4.79 Å². The molecule has 0 unspecified atom stereocenters. The lowest BCUT2D eigenvalue weighted by Gasteiger charge is -2.44. The summed E-state index contributed by atoms with van der Waals surface area (Å²) >= 11 is 0. The summed E-state index contributed by atoms with van der Waals surface area (Å²) in [5, 5.41) is 3.62. The number of carbonyl (C=O) groups is 1. The van der Waals surface area contributed by atoms with Gasteiger partial charge in [0.15, 0.2) is 0 Å². The standard InChI is InChI=1S/C41H50O4Si2/c1-41(2,3)47(36-23-14-8-15-24-36,37-25-16-9-17-26-37)44-32-40-39(43-31-33-19-10-6-11-20-33)28-18-27-38(29-34(30-42)45-40)46(4,5)35-21-12-7-13-22-35/h6-27,30,34,38-40H,28-29,31-32H2,1-5H3/b27-18-/t34-,38-,39+,40-/m1/s1. The van der Waals surface area contributed by atoms with Crippen LogP contribution in [-0.4, -0.2) is 47.6 Å². The van der Waals surface area contributed by atoms with Crippen LogP contribution in [0.2, 0.25) is 23.7 Å². The number of rotatable bonds is 11. The van der Waals surface area contributed by atoms with Crippen LogP contribution in [0.15, 0.2) is 133 Å². The van der Waals surface area contributed by atoms with Crippen molar-refractivity contribution in [2.45, 2.75) is 82.2 Å². The molecule has 0 amide bonds. The van der Waals surface area contributed by atoms with Crippen molar-refractivity contribution in [1.29, 1.82) is 0 Å². The third kappa shape index (κ3) is 8.19. The molecule has 0 spiro atoms. The average Bonchev–Trinajstić information content (AvgIpc) is 3.18. The van der Waals surface area contributed by atoms with E-state index in [1.54, 1.807) is 0 Å². The van der Waals surface area contributed by atoms with Crippen LogP contribution in [0, 0.1) is 0 Å². The van der Waals surface area contributed by atoms with Gasteiger partial charge in [0.05, 0.1) is 27.4 Å². The van der Waals surface area contributed by atoms with Crippen LogP contribution in [0.1, 0.15) is 39.2 Å². The summed E-state index contributed by atoms with van der Waals surface area (Å²) in [4.78, 5) is 12.8. The molecule has 0 saturated carbocycles. The SMILES string of the molecule is CC(C)(C)[Si](OC[C@H]1O[C@@H](C=O)C[C@H]([Si](C)(C)c2ccccc2)/C=C\C[C@@H]1OCc1ccccc1)(c1ccccc1)c1ccccc1. The van der Waals surface area contributed by atoms with E-state index in [-0.39, 0.29) is 16.7 Å². The Hall–Kier alpha value is -3.40. The Kier molecular flexibility index (Phi) is 11.6. The largest absolute Gasteiger partial charge is 0.405 e.